The lowest BCUT2D eigenvalue weighted by atomic mass is 10.2. The highest BCUT2D eigenvalue weighted by atomic mass is 35.5. The van der Waals surface area contributed by atoms with E-state index < -0.39 is 11.7 Å². The first-order valence-corrected chi connectivity index (χ1v) is 11.0. The van der Waals surface area contributed by atoms with Gasteiger partial charge in [-0.1, -0.05) is 48.0 Å². The van der Waals surface area contributed by atoms with Crippen molar-refractivity contribution in [3.8, 4) is 21.1 Å². The fourth-order valence-electron chi connectivity index (χ4n) is 3.15. The molecule has 9 heteroatoms. The molecule has 4 rings (SSSR count). The summed E-state index contributed by atoms with van der Waals surface area (Å²) in [6.45, 7) is 2.10. The summed E-state index contributed by atoms with van der Waals surface area (Å²) in [7, 11) is 0. The van der Waals surface area contributed by atoms with E-state index in [1.807, 2.05) is 37.3 Å². The van der Waals surface area contributed by atoms with Crippen LogP contribution in [-0.2, 0) is 6.54 Å². The minimum atomic E-state index is -0.706. The van der Waals surface area contributed by atoms with Gasteiger partial charge in [0.2, 0.25) is 0 Å². The molecule has 0 spiro atoms. The molecule has 0 atom stereocenters. The van der Waals surface area contributed by atoms with Crippen LogP contribution < -0.4 is 10.9 Å². The Morgan fingerprint density at radius 2 is 1.91 bits per heavy atom. The van der Waals surface area contributed by atoms with Crippen LogP contribution in [0.1, 0.15) is 16.1 Å². The highest BCUT2D eigenvalue weighted by molar-refractivity contribution is 7.18. The zero-order chi connectivity index (χ0) is 22.7. The van der Waals surface area contributed by atoms with Crippen LogP contribution in [0.5, 0.6) is 0 Å². The summed E-state index contributed by atoms with van der Waals surface area (Å²) >= 11 is 7.42. The number of carbonyl (C=O) groups excluding carboxylic acids is 1. The Labute approximate surface area is 192 Å². The number of amides is 1. The van der Waals surface area contributed by atoms with E-state index in [1.165, 1.54) is 34.2 Å². The molecule has 0 unspecified atom stereocenters. The average molecular weight is 469 g/mol. The third kappa shape index (κ3) is 4.61. The lowest BCUT2D eigenvalue weighted by molar-refractivity contribution is 0.0948. The van der Waals surface area contributed by atoms with Crippen molar-refractivity contribution < 1.29 is 9.18 Å². The van der Waals surface area contributed by atoms with E-state index >= 15 is 0 Å². The maximum Gasteiger partial charge on any atom is 0.266 e. The molecule has 2 aromatic carbocycles. The van der Waals surface area contributed by atoms with E-state index in [9.17, 15) is 14.0 Å². The van der Waals surface area contributed by atoms with E-state index in [0.29, 0.717) is 5.69 Å². The summed E-state index contributed by atoms with van der Waals surface area (Å²) in [4.78, 5) is 30.0. The van der Waals surface area contributed by atoms with Gasteiger partial charge in [0.25, 0.3) is 11.5 Å². The normalized spacial score (nSPS) is 10.8. The number of nitrogens with one attached hydrogen (secondary N) is 1. The van der Waals surface area contributed by atoms with Crippen molar-refractivity contribution in [2.75, 3.05) is 6.54 Å². The van der Waals surface area contributed by atoms with Gasteiger partial charge in [0.05, 0.1) is 27.7 Å². The molecule has 162 valence electrons. The van der Waals surface area contributed by atoms with Crippen LogP contribution in [0.4, 0.5) is 4.39 Å². The van der Waals surface area contributed by atoms with Crippen molar-refractivity contribution in [2.45, 2.75) is 13.5 Å². The summed E-state index contributed by atoms with van der Waals surface area (Å²) in [5.74, 6) is -1.36. The first-order valence-electron chi connectivity index (χ1n) is 9.77. The van der Waals surface area contributed by atoms with Crippen LogP contribution in [0, 0.1) is 12.7 Å². The molecule has 0 saturated heterocycles. The highest BCUT2D eigenvalue weighted by Crippen LogP contribution is 2.33. The SMILES string of the molecule is Cc1nc(-c2ccccc2)sc1-c1ccc(=O)n(CCNC(=O)c2c(F)cccc2Cl)n1. The van der Waals surface area contributed by atoms with Gasteiger partial charge < -0.3 is 5.32 Å². The molecule has 0 fully saturated rings. The predicted molar refractivity (Wildman–Crippen MR) is 124 cm³/mol. The summed E-state index contributed by atoms with van der Waals surface area (Å²) in [6.07, 6.45) is 0. The van der Waals surface area contributed by atoms with Gasteiger partial charge >= 0.3 is 0 Å². The number of rotatable bonds is 6. The third-order valence-corrected chi connectivity index (χ3v) is 6.26. The van der Waals surface area contributed by atoms with Crippen LogP contribution in [0.2, 0.25) is 5.02 Å². The summed E-state index contributed by atoms with van der Waals surface area (Å²) < 4.78 is 15.2. The Bertz CT molecular complexity index is 1320. The minimum Gasteiger partial charge on any atom is -0.350 e. The zero-order valence-electron chi connectivity index (χ0n) is 17.0. The largest absolute Gasteiger partial charge is 0.350 e. The van der Waals surface area contributed by atoms with Crippen LogP contribution >= 0.6 is 22.9 Å². The maximum atomic E-state index is 13.9. The lowest BCUT2D eigenvalue weighted by Gasteiger charge is -2.09. The summed E-state index contributed by atoms with van der Waals surface area (Å²) in [5, 5.41) is 7.91. The summed E-state index contributed by atoms with van der Waals surface area (Å²) in [6, 6.07) is 16.9. The number of carbonyl (C=O) groups is 1. The molecule has 1 amide bonds. The van der Waals surface area contributed by atoms with Gasteiger partial charge in [0.15, 0.2) is 0 Å². The van der Waals surface area contributed by atoms with Gasteiger partial charge in [0.1, 0.15) is 16.5 Å². The smallest absolute Gasteiger partial charge is 0.266 e. The Hall–Kier alpha value is -3.36. The predicted octanol–water partition coefficient (Wildman–Crippen LogP) is 4.56. The van der Waals surface area contributed by atoms with Gasteiger partial charge in [0, 0.05) is 18.2 Å². The first-order chi connectivity index (χ1) is 15.4. The molecule has 0 aliphatic rings. The van der Waals surface area contributed by atoms with Gasteiger partial charge in [-0.25, -0.2) is 14.1 Å². The van der Waals surface area contributed by atoms with Crippen molar-refractivity contribution in [2.24, 2.45) is 0 Å². The second-order valence-corrected chi connectivity index (χ2v) is 8.34. The van der Waals surface area contributed by atoms with Gasteiger partial charge in [-0.3, -0.25) is 9.59 Å². The van der Waals surface area contributed by atoms with Crippen molar-refractivity contribution in [3.05, 3.63) is 93.1 Å². The first kappa shape index (κ1) is 21.9. The minimum absolute atomic E-state index is 0.0229. The molecule has 4 aromatic rings. The Morgan fingerprint density at radius 1 is 1.12 bits per heavy atom. The van der Waals surface area contributed by atoms with E-state index in [0.717, 1.165) is 27.2 Å². The molecule has 32 heavy (non-hydrogen) atoms. The molecular formula is C23H18ClFN4O2S. The monoisotopic (exact) mass is 468 g/mol. The van der Waals surface area contributed by atoms with Crippen molar-refractivity contribution in [1.82, 2.24) is 20.1 Å². The number of aryl methyl sites for hydroxylation is 1. The fourth-order valence-corrected chi connectivity index (χ4v) is 4.43. The molecule has 0 saturated carbocycles. The van der Waals surface area contributed by atoms with Gasteiger partial charge in [-0.05, 0) is 25.1 Å². The number of hydrogen-bond donors (Lipinski definition) is 1. The highest BCUT2D eigenvalue weighted by Gasteiger charge is 2.16. The lowest BCUT2D eigenvalue weighted by Crippen LogP contribution is -2.32. The van der Waals surface area contributed by atoms with E-state index in [-0.39, 0.29) is 29.2 Å². The number of benzene rings is 2. The van der Waals surface area contributed by atoms with Crippen LogP contribution in [-0.4, -0.2) is 27.2 Å². The average Bonchev–Trinajstić information content (AvgIpc) is 3.17. The molecule has 1 N–H and O–H groups in total. The van der Waals surface area contributed by atoms with E-state index in [4.69, 9.17) is 11.6 Å². The number of thiazole rings is 1. The molecular weight excluding hydrogens is 451 g/mol. The van der Waals surface area contributed by atoms with Crippen molar-refractivity contribution in [3.63, 3.8) is 0 Å². The van der Waals surface area contributed by atoms with E-state index in [1.54, 1.807) is 6.07 Å². The van der Waals surface area contributed by atoms with Gasteiger partial charge in [-0.15, -0.1) is 11.3 Å². The maximum absolute atomic E-state index is 13.9. The second-order valence-electron chi connectivity index (χ2n) is 6.93. The molecule has 0 radical (unpaired) electrons. The second kappa shape index (κ2) is 9.42. The number of aromatic nitrogens is 3. The fraction of sp³-hybridized carbons (Fsp3) is 0.130. The summed E-state index contributed by atoms with van der Waals surface area (Å²) in [5.41, 5.74) is 1.91. The van der Waals surface area contributed by atoms with Crippen LogP contribution in [0.15, 0.2) is 65.5 Å². The molecule has 0 aliphatic heterocycles. The topological polar surface area (TPSA) is 76.9 Å². The molecule has 2 heterocycles. The zero-order valence-corrected chi connectivity index (χ0v) is 18.6. The number of halogens is 2. The quantitative estimate of drug-likeness (QED) is 0.450. The third-order valence-electron chi connectivity index (χ3n) is 4.72. The van der Waals surface area contributed by atoms with Crippen LogP contribution in [0.3, 0.4) is 0 Å². The van der Waals surface area contributed by atoms with Crippen molar-refractivity contribution >= 4 is 28.8 Å². The Morgan fingerprint density at radius 3 is 2.66 bits per heavy atom. The Balaban J connectivity index is 1.51. The Kier molecular flexibility index (Phi) is 6.43. The molecule has 0 bridgehead atoms. The van der Waals surface area contributed by atoms with Crippen molar-refractivity contribution in [1.29, 1.82) is 0 Å². The standard InChI is InChI=1S/C23H18ClFN4O2S/c1-14-21(32-23(27-14)15-6-3-2-4-7-15)18-10-11-19(30)29(28-18)13-12-26-22(31)20-16(24)8-5-9-17(20)25/h2-11H,12-13H2,1H3,(H,26,31). The number of hydrogen-bond acceptors (Lipinski definition) is 5. The molecule has 0 aliphatic carbocycles. The molecule has 6 nitrogen and oxygen atoms in total. The van der Waals surface area contributed by atoms with Crippen LogP contribution in [0.25, 0.3) is 21.1 Å². The van der Waals surface area contributed by atoms with E-state index in [2.05, 4.69) is 15.4 Å². The van der Waals surface area contributed by atoms with Gasteiger partial charge in [-0.2, -0.15) is 5.10 Å². The number of nitrogens with zero attached hydrogens (tertiary/aromatic N) is 3. The molecule has 2 aromatic heterocycles.